The van der Waals surface area contributed by atoms with Crippen LogP contribution in [0, 0.1) is 23.3 Å². The Hall–Kier alpha value is -2.36. The van der Waals surface area contributed by atoms with E-state index in [1.165, 1.54) is 36.9 Å². The van der Waals surface area contributed by atoms with Gasteiger partial charge in [0.15, 0.2) is 0 Å². The monoisotopic (exact) mass is 303 g/mol. The van der Waals surface area contributed by atoms with Gasteiger partial charge in [-0.1, -0.05) is 27.2 Å². The minimum absolute atomic E-state index is 0.288. The number of hydrogen-bond acceptors (Lipinski definition) is 4. The number of halogens is 1. The Morgan fingerprint density at radius 2 is 2.00 bits per heavy atom. The van der Waals surface area contributed by atoms with Gasteiger partial charge in [-0.25, -0.2) is 0 Å². The van der Waals surface area contributed by atoms with E-state index < -0.39 is 6.04 Å². The van der Waals surface area contributed by atoms with Gasteiger partial charge in [-0.15, -0.1) is 0 Å². The molecule has 0 bridgehead atoms. The van der Waals surface area contributed by atoms with Crippen molar-refractivity contribution in [3.8, 4) is 6.26 Å². The molecule has 5 nitrogen and oxygen atoms in total. The molecular formula is C15H19BFN3O2. The van der Waals surface area contributed by atoms with E-state index in [4.69, 9.17) is 5.26 Å². The van der Waals surface area contributed by atoms with Crippen LogP contribution < -0.4 is 10.6 Å². The van der Waals surface area contributed by atoms with E-state index in [0.717, 1.165) is 13.0 Å². The van der Waals surface area contributed by atoms with Gasteiger partial charge < -0.3 is 0 Å². The quantitative estimate of drug-likeness (QED) is 0.660. The number of amides is 1. The number of carbonyl (C=O) groups excluding carboxylic acids is 1. The average molecular weight is 303 g/mol. The minimum atomic E-state index is -0.607. The van der Waals surface area contributed by atoms with E-state index in [1.54, 1.807) is 0 Å². The molecule has 2 rings (SSSR count). The normalized spacial score (nSPS) is 17.7. The predicted octanol–water partition coefficient (Wildman–Crippen LogP) is 1.84. The first-order valence-electron chi connectivity index (χ1n) is 7.05. The van der Waals surface area contributed by atoms with E-state index in [9.17, 15) is 9.18 Å². The van der Waals surface area contributed by atoms with Crippen LogP contribution in [0.15, 0.2) is 24.3 Å². The van der Waals surface area contributed by atoms with E-state index in [1.807, 2.05) is 0 Å². The van der Waals surface area contributed by atoms with Crippen LogP contribution in [0.5, 0.6) is 0 Å². The predicted molar refractivity (Wildman–Crippen MR) is 83.0 cm³/mol. The van der Waals surface area contributed by atoms with Crippen LogP contribution in [0.4, 0.5) is 4.39 Å². The number of benzene rings is 1. The molecule has 1 aromatic rings. The van der Waals surface area contributed by atoms with E-state index in [-0.39, 0.29) is 11.7 Å². The fourth-order valence-corrected chi connectivity index (χ4v) is 1.50. The summed E-state index contributed by atoms with van der Waals surface area (Å²) in [5, 5.41) is 13.5. The number of hydrogen-bond donors (Lipinski definition) is 2. The number of nitriles is 1. The van der Waals surface area contributed by atoms with Crippen molar-refractivity contribution in [2.75, 3.05) is 0 Å². The molecule has 116 valence electrons. The van der Waals surface area contributed by atoms with Crippen molar-refractivity contribution >= 4 is 18.7 Å². The summed E-state index contributed by atoms with van der Waals surface area (Å²) in [6.07, 6.45) is 2.76. The van der Waals surface area contributed by atoms with E-state index in [2.05, 4.69) is 36.1 Å². The molecule has 1 atom stereocenters. The summed E-state index contributed by atoms with van der Waals surface area (Å²) < 4.78 is 17.1. The molecule has 1 aliphatic rings. The van der Waals surface area contributed by atoms with Gasteiger partial charge in [-0.05, 0) is 5.92 Å². The molecule has 2 N–H and O–H groups in total. The second-order valence-electron chi connectivity index (χ2n) is 5.16. The molecule has 1 amide bonds. The summed E-state index contributed by atoms with van der Waals surface area (Å²) in [7, 11) is 1.10. The summed E-state index contributed by atoms with van der Waals surface area (Å²) in [4.78, 5) is 11.6. The maximum atomic E-state index is 12.7. The molecule has 1 aliphatic heterocycles. The van der Waals surface area contributed by atoms with Gasteiger partial charge in [0.2, 0.25) is 0 Å². The van der Waals surface area contributed by atoms with Crippen LogP contribution in [-0.4, -0.2) is 18.7 Å². The zero-order valence-electron chi connectivity index (χ0n) is 12.9. The fraction of sp³-hybridized carbons (Fsp3) is 0.400. The molecule has 0 radical (unpaired) electrons. The Morgan fingerprint density at radius 1 is 1.41 bits per heavy atom. The fourth-order valence-electron chi connectivity index (χ4n) is 1.50. The summed E-state index contributed by atoms with van der Waals surface area (Å²) in [6.45, 7) is 6.64. The second kappa shape index (κ2) is 8.83. The van der Waals surface area contributed by atoms with Gasteiger partial charge in [0.05, 0.1) is 0 Å². The Bertz CT molecular complexity index is 567. The van der Waals surface area contributed by atoms with Crippen LogP contribution in [0.25, 0.3) is 0 Å². The maximum absolute atomic E-state index is 12.7. The molecule has 0 aliphatic carbocycles. The van der Waals surface area contributed by atoms with Crippen molar-refractivity contribution in [1.29, 1.82) is 5.26 Å². The zero-order valence-corrected chi connectivity index (χ0v) is 12.9. The van der Waals surface area contributed by atoms with Crippen molar-refractivity contribution in [1.82, 2.24) is 10.6 Å². The van der Waals surface area contributed by atoms with E-state index in [0.29, 0.717) is 11.3 Å². The molecular weight excluding hydrogens is 284 g/mol. The van der Waals surface area contributed by atoms with Crippen LogP contribution in [0.2, 0.25) is 0 Å². The number of carbonyl (C=O) groups is 1. The second-order valence-corrected chi connectivity index (χ2v) is 5.16. The Balaban J connectivity index is 0.000000422. The van der Waals surface area contributed by atoms with Crippen LogP contribution in [-0.2, 0) is 9.45 Å². The first-order valence-corrected chi connectivity index (χ1v) is 7.05. The standard InChI is InChI=1S/C10H7BFN3O2.C5H12/c12-7-3-1-6(2-4-7)8-9(16)15-10(14-8)11-17-5-13;1-4-5(2)3/h1-4,8,14H,(H,15,16);5H,4H2,1-3H3. The van der Waals surface area contributed by atoms with Crippen molar-refractivity contribution in [2.24, 2.45) is 5.92 Å². The first kappa shape index (κ1) is 17.7. The van der Waals surface area contributed by atoms with Crippen molar-refractivity contribution < 1.29 is 13.8 Å². The average Bonchev–Trinajstić information content (AvgIpc) is 2.87. The molecule has 1 saturated heterocycles. The zero-order chi connectivity index (χ0) is 16.5. The number of nitrogens with zero attached hydrogens (tertiary/aromatic N) is 1. The Morgan fingerprint density at radius 3 is 2.50 bits per heavy atom. The van der Waals surface area contributed by atoms with E-state index >= 15 is 0 Å². The molecule has 0 saturated carbocycles. The first-order chi connectivity index (χ1) is 10.5. The third-order valence-corrected chi connectivity index (χ3v) is 3.07. The number of nitrogens with one attached hydrogen (secondary N) is 2. The summed E-state index contributed by atoms with van der Waals surface area (Å²) >= 11 is 0. The molecule has 0 aromatic heterocycles. The van der Waals surface area contributed by atoms with Crippen LogP contribution >= 0.6 is 0 Å². The van der Waals surface area contributed by atoms with Crippen LogP contribution in [0.3, 0.4) is 0 Å². The topological polar surface area (TPSA) is 74.1 Å². The third kappa shape index (κ3) is 5.56. The van der Waals surface area contributed by atoms with Crippen molar-refractivity contribution in [3.63, 3.8) is 0 Å². The van der Waals surface area contributed by atoms with Gasteiger partial charge in [0.1, 0.15) is 0 Å². The summed E-state index contributed by atoms with van der Waals surface area (Å²) in [5.41, 5.74) is 0.926. The van der Waals surface area contributed by atoms with Gasteiger partial charge in [-0.3, -0.25) is 0 Å². The summed E-state index contributed by atoms with van der Waals surface area (Å²) in [5.74, 6) is 0.232. The summed E-state index contributed by atoms with van der Waals surface area (Å²) in [6, 6.07) is 4.97. The Labute approximate surface area is 130 Å². The number of rotatable bonds is 3. The van der Waals surface area contributed by atoms with Gasteiger partial charge >= 0.3 is 96.4 Å². The molecule has 7 heteroatoms. The van der Waals surface area contributed by atoms with Gasteiger partial charge in [0.25, 0.3) is 0 Å². The molecule has 1 aromatic carbocycles. The van der Waals surface area contributed by atoms with Gasteiger partial charge in [0, 0.05) is 0 Å². The van der Waals surface area contributed by atoms with Crippen molar-refractivity contribution in [2.45, 2.75) is 33.2 Å². The SMILES string of the molecule is CCC(C)C.N#COB=C1NC(=O)C(c2ccc(F)cc2)N1. The van der Waals surface area contributed by atoms with Gasteiger partial charge in [-0.2, -0.15) is 0 Å². The third-order valence-electron chi connectivity index (χ3n) is 3.07. The molecule has 22 heavy (non-hydrogen) atoms. The molecule has 1 unspecified atom stereocenters. The Kier molecular flexibility index (Phi) is 7.10. The molecule has 1 fully saturated rings. The van der Waals surface area contributed by atoms with Crippen molar-refractivity contribution in [3.05, 3.63) is 35.6 Å². The van der Waals surface area contributed by atoms with Crippen LogP contribution in [0.1, 0.15) is 38.8 Å². The molecule has 0 spiro atoms. The molecule has 1 heterocycles.